The van der Waals surface area contributed by atoms with Crippen LogP contribution in [0.25, 0.3) is 0 Å². The summed E-state index contributed by atoms with van der Waals surface area (Å²) >= 11 is 0. The molecule has 4 bridgehead atoms. The van der Waals surface area contributed by atoms with Crippen LogP contribution in [0.2, 0.25) is 0 Å². The number of amides is 1. The van der Waals surface area contributed by atoms with Gasteiger partial charge in [-0.2, -0.15) is 11.1 Å². The van der Waals surface area contributed by atoms with Gasteiger partial charge < -0.3 is 0 Å². The number of aryl methyl sites for hydroxylation is 3. The van der Waals surface area contributed by atoms with Crippen molar-refractivity contribution in [1.29, 1.82) is 0 Å². The summed E-state index contributed by atoms with van der Waals surface area (Å²) in [6.45, 7) is 0.821. The molecular weight excluding hydrogens is 312 g/mol. The van der Waals surface area contributed by atoms with Gasteiger partial charge in [-0.1, -0.05) is 36.4 Å². The quantitative estimate of drug-likeness (QED) is 0.690. The van der Waals surface area contributed by atoms with Crippen LogP contribution >= 0.6 is 0 Å². The molecule has 0 radical (unpaired) electrons. The standard InChI is InChI=1S/C20H24N4O/c25-20-18-6-2-5-17(14-18)8-7-15-3-1-4-16(13-15)9-10-19-11-12-21-22-23-24(19)20/h1-6,13-14,19,21-23H,7-12H2. The summed E-state index contributed by atoms with van der Waals surface area (Å²) < 4.78 is 0. The molecule has 3 N–H and O–H groups in total. The van der Waals surface area contributed by atoms with Gasteiger partial charge in [-0.25, -0.2) is 5.43 Å². The van der Waals surface area contributed by atoms with Gasteiger partial charge in [0.15, 0.2) is 0 Å². The number of nitrogens with zero attached hydrogens (tertiary/aromatic N) is 1. The number of nitrogens with one attached hydrogen (secondary N) is 3. The van der Waals surface area contributed by atoms with Crippen LogP contribution in [0.4, 0.5) is 0 Å². The smallest absolute Gasteiger partial charge is 0.268 e. The molecule has 2 aliphatic rings. The van der Waals surface area contributed by atoms with E-state index >= 15 is 0 Å². The maximum Gasteiger partial charge on any atom is 0.269 e. The second-order valence-electron chi connectivity index (χ2n) is 6.84. The second kappa shape index (κ2) is 7.35. The van der Waals surface area contributed by atoms with Crippen molar-refractivity contribution in [2.45, 2.75) is 38.1 Å². The first kappa shape index (κ1) is 16.3. The summed E-state index contributed by atoms with van der Waals surface area (Å²) in [5, 5.41) is 1.75. The number of rotatable bonds is 0. The van der Waals surface area contributed by atoms with E-state index in [-0.39, 0.29) is 11.9 Å². The number of hydrazine groups is 3. The highest BCUT2D eigenvalue weighted by Gasteiger charge is 2.26. The Balaban J connectivity index is 1.71. The molecular formula is C20H24N4O. The molecule has 5 heteroatoms. The first-order valence-electron chi connectivity index (χ1n) is 9.03. The zero-order valence-corrected chi connectivity index (χ0v) is 14.3. The average molecular weight is 336 g/mol. The van der Waals surface area contributed by atoms with Gasteiger partial charge in [0.05, 0.1) is 6.04 Å². The van der Waals surface area contributed by atoms with E-state index in [1.165, 1.54) is 16.7 Å². The molecule has 1 amide bonds. The highest BCUT2D eigenvalue weighted by atomic mass is 16.2. The Kier molecular flexibility index (Phi) is 4.78. The number of carbonyl (C=O) groups is 1. The monoisotopic (exact) mass is 336 g/mol. The zero-order valence-electron chi connectivity index (χ0n) is 14.3. The van der Waals surface area contributed by atoms with Crippen LogP contribution in [-0.2, 0) is 19.3 Å². The molecule has 1 atom stereocenters. The lowest BCUT2D eigenvalue weighted by molar-refractivity contribution is 0.0480. The van der Waals surface area contributed by atoms with Crippen molar-refractivity contribution in [3.8, 4) is 0 Å². The molecule has 0 aromatic heterocycles. The van der Waals surface area contributed by atoms with Crippen LogP contribution in [0.5, 0.6) is 0 Å². The molecule has 4 rings (SSSR count). The van der Waals surface area contributed by atoms with Gasteiger partial charge in [0.2, 0.25) is 0 Å². The molecule has 25 heavy (non-hydrogen) atoms. The van der Waals surface area contributed by atoms with Crippen LogP contribution in [0.15, 0.2) is 48.5 Å². The predicted molar refractivity (Wildman–Crippen MR) is 97.5 cm³/mol. The van der Waals surface area contributed by atoms with Crippen LogP contribution in [0.3, 0.4) is 0 Å². The van der Waals surface area contributed by atoms with Crippen molar-refractivity contribution in [1.82, 2.24) is 21.5 Å². The van der Waals surface area contributed by atoms with Crippen LogP contribution in [-0.4, -0.2) is 23.5 Å². The fourth-order valence-electron chi connectivity index (χ4n) is 3.67. The fraction of sp³-hybridized carbons (Fsp3) is 0.350. The molecule has 2 aliphatic heterocycles. The molecule has 1 saturated heterocycles. The van der Waals surface area contributed by atoms with Crippen molar-refractivity contribution in [3.05, 3.63) is 70.8 Å². The van der Waals surface area contributed by atoms with E-state index < -0.39 is 0 Å². The molecule has 0 aliphatic carbocycles. The molecule has 1 fully saturated rings. The van der Waals surface area contributed by atoms with Gasteiger partial charge in [-0.15, -0.1) is 0 Å². The lowest BCUT2D eigenvalue weighted by Crippen LogP contribution is -2.55. The van der Waals surface area contributed by atoms with E-state index in [4.69, 9.17) is 0 Å². The molecule has 2 heterocycles. The normalized spacial score (nSPS) is 21.4. The van der Waals surface area contributed by atoms with Gasteiger partial charge in [0.1, 0.15) is 0 Å². The Hall–Kier alpha value is -2.21. The van der Waals surface area contributed by atoms with Crippen molar-refractivity contribution in [2.24, 2.45) is 0 Å². The number of hydrogen-bond acceptors (Lipinski definition) is 4. The third kappa shape index (κ3) is 3.74. The number of hydrogen-bond donors (Lipinski definition) is 3. The topological polar surface area (TPSA) is 56.4 Å². The molecule has 0 spiro atoms. The van der Waals surface area contributed by atoms with Crippen LogP contribution in [0.1, 0.15) is 39.9 Å². The van der Waals surface area contributed by atoms with Gasteiger partial charge in [0, 0.05) is 12.1 Å². The number of carbonyl (C=O) groups excluding carboxylic acids is 1. The van der Waals surface area contributed by atoms with Crippen molar-refractivity contribution >= 4 is 5.91 Å². The van der Waals surface area contributed by atoms with E-state index in [1.54, 1.807) is 5.01 Å². The number of benzene rings is 2. The molecule has 2 aromatic rings. The summed E-state index contributed by atoms with van der Waals surface area (Å²) in [5.74, 6) is 0.0222. The third-order valence-corrected chi connectivity index (χ3v) is 5.09. The van der Waals surface area contributed by atoms with E-state index in [0.29, 0.717) is 0 Å². The maximum atomic E-state index is 13.1. The minimum Gasteiger partial charge on any atom is -0.268 e. The first-order valence-corrected chi connectivity index (χ1v) is 9.03. The third-order valence-electron chi connectivity index (χ3n) is 5.09. The highest BCUT2D eigenvalue weighted by Crippen LogP contribution is 2.19. The Bertz CT molecular complexity index is 761. The SMILES string of the molecule is O=C1c2cccc(c2)CCc2cccc(c2)CCC2CCNNNN12. The Morgan fingerprint density at radius 3 is 2.44 bits per heavy atom. The van der Waals surface area contributed by atoms with Gasteiger partial charge in [0.25, 0.3) is 5.91 Å². The van der Waals surface area contributed by atoms with Gasteiger partial charge in [-0.05, 0) is 60.9 Å². The van der Waals surface area contributed by atoms with Gasteiger partial charge in [-0.3, -0.25) is 9.80 Å². The van der Waals surface area contributed by atoms with Crippen molar-refractivity contribution in [2.75, 3.05) is 6.54 Å². The Labute approximate surface area is 148 Å². The Morgan fingerprint density at radius 2 is 1.60 bits per heavy atom. The minimum absolute atomic E-state index is 0.0222. The predicted octanol–water partition coefficient (Wildman–Crippen LogP) is 2.15. The van der Waals surface area contributed by atoms with Crippen LogP contribution < -0.4 is 16.5 Å². The van der Waals surface area contributed by atoms with E-state index in [0.717, 1.165) is 44.2 Å². The molecule has 5 nitrogen and oxygen atoms in total. The first-order chi connectivity index (χ1) is 12.3. The second-order valence-corrected chi connectivity index (χ2v) is 6.84. The van der Waals surface area contributed by atoms with E-state index in [1.807, 2.05) is 18.2 Å². The molecule has 2 aromatic carbocycles. The minimum atomic E-state index is 0.0222. The highest BCUT2D eigenvalue weighted by molar-refractivity contribution is 5.94. The lowest BCUT2D eigenvalue weighted by Gasteiger charge is -2.29. The summed E-state index contributed by atoms with van der Waals surface area (Å²) in [4.78, 5) is 13.1. The lowest BCUT2D eigenvalue weighted by atomic mass is 9.99. The largest absolute Gasteiger partial charge is 0.269 e. The van der Waals surface area contributed by atoms with Crippen molar-refractivity contribution in [3.63, 3.8) is 0 Å². The molecule has 1 unspecified atom stereocenters. The average Bonchev–Trinajstić information content (AvgIpc) is 2.89. The van der Waals surface area contributed by atoms with E-state index in [9.17, 15) is 4.79 Å². The van der Waals surface area contributed by atoms with Crippen molar-refractivity contribution < 1.29 is 4.79 Å². The van der Waals surface area contributed by atoms with Crippen LogP contribution in [0, 0.1) is 0 Å². The summed E-state index contributed by atoms with van der Waals surface area (Å²) in [7, 11) is 0. The molecule has 0 saturated carbocycles. The summed E-state index contributed by atoms with van der Waals surface area (Å²) in [6.07, 6.45) is 4.77. The number of fused-ring (bicyclic) bond motifs is 5. The summed E-state index contributed by atoms with van der Waals surface area (Å²) in [6, 6.07) is 17.0. The Morgan fingerprint density at radius 1 is 0.880 bits per heavy atom. The fourth-order valence-corrected chi connectivity index (χ4v) is 3.67. The van der Waals surface area contributed by atoms with E-state index in [2.05, 4.69) is 46.8 Å². The van der Waals surface area contributed by atoms with Gasteiger partial charge >= 0.3 is 0 Å². The zero-order chi connectivity index (χ0) is 17.1. The summed E-state index contributed by atoms with van der Waals surface area (Å²) in [5.41, 5.74) is 13.7. The maximum absolute atomic E-state index is 13.1. The molecule has 130 valence electrons.